The Balaban J connectivity index is 1.43. The summed E-state index contributed by atoms with van der Waals surface area (Å²) in [5.74, 6) is 0.710. The van der Waals surface area contributed by atoms with E-state index in [4.69, 9.17) is 21.1 Å². The molecule has 1 spiro atoms. The number of anilines is 1. The molecule has 2 aliphatic heterocycles. The van der Waals surface area contributed by atoms with E-state index in [1.54, 1.807) is 20.1 Å². The summed E-state index contributed by atoms with van der Waals surface area (Å²) >= 11 is 6.40. The Kier molecular flexibility index (Phi) is 8.09. The van der Waals surface area contributed by atoms with Gasteiger partial charge in [-0.2, -0.15) is 0 Å². The van der Waals surface area contributed by atoms with Crippen molar-refractivity contribution >= 4 is 33.2 Å². The zero-order chi connectivity index (χ0) is 29.6. The first-order valence-corrected chi connectivity index (χ1v) is 17.1. The fourth-order valence-corrected chi connectivity index (χ4v) is 8.87. The molecule has 2 aromatic rings. The van der Waals surface area contributed by atoms with Gasteiger partial charge in [0.05, 0.1) is 23.6 Å². The summed E-state index contributed by atoms with van der Waals surface area (Å²) < 4.78 is 41.3. The number of rotatable bonds is 1. The normalized spacial score (nSPS) is 33.3. The van der Waals surface area contributed by atoms with Crippen LogP contribution >= 0.6 is 11.6 Å². The van der Waals surface area contributed by atoms with Crippen LogP contribution in [0.5, 0.6) is 5.75 Å². The van der Waals surface area contributed by atoms with E-state index in [1.807, 2.05) is 31.2 Å². The number of ether oxygens (including phenoxy) is 2. The highest BCUT2D eigenvalue weighted by Crippen LogP contribution is 2.47. The van der Waals surface area contributed by atoms with Gasteiger partial charge in [0.25, 0.3) is 5.91 Å². The number of hydrogen-bond donors (Lipinski definition) is 1. The highest BCUT2D eigenvalue weighted by molar-refractivity contribution is 7.90. The average Bonchev–Trinajstić information content (AvgIpc) is 3.10. The van der Waals surface area contributed by atoms with Gasteiger partial charge in [-0.15, -0.1) is 0 Å². The van der Waals surface area contributed by atoms with Crippen molar-refractivity contribution in [3.63, 3.8) is 0 Å². The van der Waals surface area contributed by atoms with Gasteiger partial charge in [-0.3, -0.25) is 4.79 Å². The van der Waals surface area contributed by atoms with Gasteiger partial charge in [0, 0.05) is 36.2 Å². The molecular formula is C33H41ClN2O5S. The molecule has 2 unspecified atom stereocenters. The number of halogens is 1. The Hall–Kier alpha value is -2.55. The number of aryl methyl sites for hydroxylation is 1. The minimum atomic E-state index is -3.88. The Labute approximate surface area is 254 Å². The lowest BCUT2D eigenvalue weighted by Gasteiger charge is -2.46. The second-order valence-electron chi connectivity index (χ2n) is 12.8. The maximum Gasteiger partial charge on any atom is 0.264 e. The summed E-state index contributed by atoms with van der Waals surface area (Å²) in [5.41, 5.74) is 3.48. The van der Waals surface area contributed by atoms with E-state index in [-0.39, 0.29) is 17.4 Å². The van der Waals surface area contributed by atoms with Crippen molar-refractivity contribution in [1.29, 1.82) is 0 Å². The van der Waals surface area contributed by atoms with E-state index in [2.05, 4.69) is 27.8 Å². The molecule has 9 heteroatoms. The van der Waals surface area contributed by atoms with Crippen LogP contribution < -0.4 is 14.4 Å². The van der Waals surface area contributed by atoms with Crippen LogP contribution in [0.4, 0.5) is 5.69 Å². The summed E-state index contributed by atoms with van der Waals surface area (Å²) in [6.45, 7) is 5.63. The minimum absolute atomic E-state index is 0.0315. The van der Waals surface area contributed by atoms with Crippen molar-refractivity contribution in [1.82, 2.24) is 4.72 Å². The van der Waals surface area contributed by atoms with Crippen LogP contribution in [-0.2, 0) is 26.6 Å². The first-order valence-electron chi connectivity index (χ1n) is 15.2. The molecule has 2 heterocycles. The van der Waals surface area contributed by atoms with Crippen molar-refractivity contribution in [2.24, 2.45) is 17.8 Å². The number of carbonyl (C=O) groups is 1. The molecule has 2 aromatic carbocycles. The highest BCUT2D eigenvalue weighted by Gasteiger charge is 2.44. The SMILES string of the molecule is COC1/C=C/C[C@H](C)C(C)S(=O)(=O)NC(=O)c2ccc3c(c2)N(C[C@@H]2CC[C@@H]12)C[C@@]1(CCCc2cc(Cl)ccc21)CO3. The monoisotopic (exact) mass is 612 g/mol. The van der Waals surface area contributed by atoms with Crippen LogP contribution in [-0.4, -0.2) is 52.5 Å². The minimum Gasteiger partial charge on any atom is -0.490 e. The number of hydrogen-bond acceptors (Lipinski definition) is 6. The van der Waals surface area contributed by atoms with Gasteiger partial charge in [-0.25, -0.2) is 13.1 Å². The molecule has 7 nitrogen and oxygen atoms in total. The van der Waals surface area contributed by atoms with Crippen LogP contribution in [0.25, 0.3) is 0 Å². The maximum absolute atomic E-state index is 13.4. The topological polar surface area (TPSA) is 84.9 Å². The van der Waals surface area contributed by atoms with E-state index in [1.165, 1.54) is 11.1 Å². The first-order chi connectivity index (χ1) is 20.1. The number of fused-ring (bicyclic) bond motifs is 4. The van der Waals surface area contributed by atoms with Gasteiger partial charge < -0.3 is 14.4 Å². The number of nitrogens with zero attached hydrogens (tertiary/aromatic N) is 1. The third kappa shape index (κ3) is 5.46. The van der Waals surface area contributed by atoms with Crippen molar-refractivity contribution in [3.05, 3.63) is 70.3 Å². The number of nitrogens with one attached hydrogen (secondary N) is 1. The second-order valence-corrected chi connectivity index (χ2v) is 15.3. The fourth-order valence-electron chi connectivity index (χ4n) is 7.39. The number of allylic oxidation sites excluding steroid dienone is 1. The average molecular weight is 613 g/mol. The van der Waals surface area contributed by atoms with Crippen LogP contribution in [0, 0.1) is 17.8 Å². The molecule has 2 aliphatic carbocycles. The van der Waals surface area contributed by atoms with E-state index < -0.39 is 21.2 Å². The lowest BCUT2D eigenvalue weighted by atomic mass is 9.68. The number of methoxy groups -OCH3 is 1. The summed E-state index contributed by atoms with van der Waals surface area (Å²) in [6, 6.07) is 11.5. The Morgan fingerprint density at radius 1 is 1.14 bits per heavy atom. The number of benzene rings is 2. The molecule has 0 aromatic heterocycles. The smallest absolute Gasteiger partial charge is 0.264 e. The van der Waals surface area contributed by atoms with Crippen molar-refractivity contribution in [3.8, 4) is 5.75 Å². The molecule has 2 bridgehead atoms. The molecule has 4 aliphatic rings. The third-order valence-electron chi connectivity index (χ3n) is 10.3. The van der Waals surface area contributed by atoms with E-state index in [0.29, 0.717) is 30.4 Å². The molecule has 1 amide bonds. The number of sulfonamides is 1. The lowest BCUT2D eigenvalue weighted by Crippen LogP contribution is -2.49. The maximum atomic E-state index is 13.4. The van der Waals surface area contributed by atoms with Gasteiger partial charge in [0.15, 0.2) is 0 Å². The molecule has 1 saturated carbocycles. The third-order valence-corrected chi connectivity index (χ3v) is 12.4. The predicted molar refractivity (Wildman–Crippen MR) is 166 cm³/mol. The van der Waals surface area contributed by atoms with Gasteiger partial charge in [0.1, 0.15) is 5.75 Å². The molecule has 226 valence electrons. The zero-order valence-electron chi connectivity index (χ0n) is 24.6. The zero-order valence-corrected chi connectivity index (χ0v) is 26.2. The lowest BCUT2D eigenvalue weighted by molar-refractivity contribution is 0.0131. The predicted octanol–water partition coefficient (Wildman–Crippen LogP) is 5.90. The molecule has 0 saturated heterocycles. The van der Waals surface area contributed by atoms with Crippen LogP contribution in [0.15, 0.2) is 48.6 Å². The van der Waals surface area contributed by atoms with Crippen molar-refractivity contribution in [2.75, 3.05) is 31.7 Å². The molecule has 0 radical (unpaired) electrons. The molecule has 6 rings (SSSR count). The molecule has 42 heavy (non-hydrogen) atoms. The van der Waals surface area contributed by atoms with E-state index >= 15 is 0 Å². The Morgan fingerprint density at radius 3 is 2.74 bits per heavy atom. The highest BCUT2D eigenvalue weighted by atomic mass is 35.5. The van der Waals surface area contributed by atoms with Crippen LogP contribution in [0.3, 0.4) is 0 Å². The first kappa shape index (κ1) is 29.5. The summed E-state index contributed by atoms with van der Waals surface area (Å²) in [5, 5.41) is 0.00998. The Morgan fingerprint density at radius 2 is 1.98 bits per heavy atom. The molecular weight excluding hydrogens is 572 g/mol. The Bertz CT molecular complexity index is 1490. The van der Waals surface area contributed by atoms with Crippen LogP contribution in [0.2, 0.25) is 5.02 Å². The summed E-state index contributed by atoms with van der Waals surface area (Å²) in [7, 11) is -2.13. The largest absolute Gasteiger partial charge is 0.490 e. The molecule has 6 atom stereocenters. The summed E-state index contributed by atoms with van der Waals surface area (Å²) in [6.07, 6.45) is 9.93. The summed E-state index contributed by atoms with van der Waals surface area (Å²) in [4.78, 5) is 15.7. The van der Waals surface area contributed by atoms with Crippen molar-refractivity contribution in [2.45, 2.75) is 69.1 Å². The van der Waals surface area contributed by atoms with Crippen molar-refractivity contribution < 1.29 is 22.7 Å². The van der Waals surface area contributed by atoms with Gasteiger partial charge in [0.2, 0.25) is 10.0 Å². The molecule has 1 N–H and O–H groups in total. The van der Waals surface area contributed by atoms with Gasteiger partial charge in [-0.05, 0) is 105 Å². The molecule has 1 fully saturated rings. The van der Waals surface area contributed by atoms with Crippen LogP contribution in [0.1, 0.15) is 67.4 Å². The van der Waals surface area contributed by atoms with Gasteiger partial charge >= 0.3 is 0 Å². The fraction of sp³-hybridized carbons (Fsp3) is 0.545. The number of carbonyl (C=O) groups excluding carboxylic acids is 1. The number of amides is 1. The van der Waals surface area contributed by atoms with Gasteiger partial charge in [-0.1, -0.05) is 36.7 Å². The van der Waals surface area contributed by atoms with E-state index in [0.717, 1.165) is 61.7 Å². The van der Waals surface area contributed by atoms with E-state index in [9.17, 15) is 13.2 Å². The second kappa shape index (κ2) is 11.5. The standard InChI is InChI=1S/C33H41ClN2O5S/c1-21-6-4-8-30(40-3)27-12-9-25(27)18-36-19-33(15-5-7-23-16-26(34)11-13-28(23)33)20-41-31-14-10-24(17-29(31)36)32(37)35-42(38,39)22(21)2/h4,8,10-11,13-14,16-17,21-22,25,27,30H,5-7,9,12,15,18-20H2,1-3H3,(H,35,37)/b8-4+/t21-,22?,25-,27+,30?,33-/m0/s1. The quantitative estimate of drug-likeness (QED) is 0.404.